The standard InChI is InChI=1S/C15H19ClO/c1-3-5-7-12-15-14(16)11-9-6-8-10-13(4-2)17-15/h1,5-10,13-15H,4,11-12H2,2H3/b7-5+,9-6-,10-8-. The molecule has 0 radical (unpaired) electrons. The molecule has 17 heavy (non-hydrogen) atoms. The van der Waals surface area contributed by atoms with Crippen LogP contribution in [0.4, 0.5) is 0 Å². The van der Waals surface area contributed by atoms with Crippen LogP contribution in [0.15, 0.2) is 36.5 Å². The van der Waals surface area contributed by atoms with Crippen LogP contribution < -0.4 is 0 Å². The van der Waals surface area contributed by atoms with Crippen molar-refractivity contribution >= 4 is 11.6 Å². The van der Waals surface area contributed by atoms with Gasteiger partial charge in [-0.3, -0.25) is 0 Å². The summed E-state index contributed by atoms with van der Waals surface area (Å²) in [6, 6.07) is 0. The molecule has 1 rings (SSSR count). The Morgan fingerprint density at radius 3 is 3.06 bits per heavy atom. The molecule has 0 aromatic rings. The first kappa shape index (κ1) is 14.1. The summed E-state index contributed by atoms with van der Waals surface area (Å²) in [6.07, 6.45) is 19.7. The molecule has 0 fully saturated rings. The van der Waals surface area contributed by atoms with Crippen molar-refractivity contribution in [2.24, 2.45) is 0 Å². The number of ether oxygens (including phenoxy) is 1. The van der Waals surface area contributed by atoms with E-state index >= 15 is 0 Å². The van der Waals surface area contributed by atoms with Crippen molar-refractivity contribution in [2.45, 2.75) is 43.8 Å². The van der Waals surface area contributed by atoms with Gasteiger partial charge in [-0.2, -0.15) is 0 Å². The van der Waals surface area contributed by atoms with E-state index in [1.807, 2.05) is 18.2 Å². The zero-order valence-corrected chi connectivity index (χ0v) is 10.9. The second kappa shape index (κ2) is 8.17. The van der Waals surface area contributed by atoms with Gasteiger partial charge in [-0.15, -0.1) is 18.0 Å². The van der Waals surface area contributed by atoms with Gasteiger partial charge in [0, 0.05) is 0 Å². The Bertz CT molecular complexity index is 335. The first-order valence-electron chi connectivity index (χ1n) is 6.02. The molecule has 0 N–H and O–H groups in total. The lowest BCUT2D eigenvalue weighted by Gasteiger charge is -2.24. The van der Waals surface area contributed by atoms with Crippen LogP contribution in [0.25, 0.3) is 0 Å². The Balaban J connectivity index is 2.68. The molecule has 1 heterocycles. The molecule has 1 aliphatic rings. The molecular formula is C15H19ClO. The highest BCUT2D eigenvalue weighted by molar-refractivity contribution is 6.21. The maximum atomic E-state index is 6.34. The summed E-state index contributed by atoms with van der Waals surface area (Å²) in [5.41, 5.74) is 0. The second-order valence-electron chi connectivity index (χ2n) is 3.99. The highest BCUT2D eigenvalue weighted by atomic mass is 35.5. The summed E-state index contributed by atoms with van der Waals surface area (Å²) in [6.45, 7) is 2.11. The summed E-state index contributed by atoms with van der Waals surface area (Å²) in [4.78, 5) is 0. The maximum absolute atomic E-state index is 6.34. The first-order valence-corrected chi connectivity index (χ1v) is 6.45. The van der Waals surface area contributed by atoms with E-state index in [9.17, 15) is 0 Å². The van der Waals surface area contributed by atoms with E-state index in [4.69, 9.17) is 22.8 Å². The molecule has 0 amide bonds. The van der Waals surface area contributed by atoms with Gasteiger partial charge in [-0.1, -0.05) is 43.2 Å². The van der Waals surface area contributed by atoms with Crippen LogP contribution in [0.2, 0.25) is 0 Å². The summed E-state index contributed by atoms with van der Waals surface area (Å²) < 4.78 is 6.00. The average Bonchev–Trinajstić information content (AvgIpc) is 2.42. The van der Waals surface area contributed by atoms with E-state index in [0.29, 0.717) is 0 Å². The quantitative estimate of drug-likeness (QED) is 0.546. The monoisotopic (exact) mass is 250 g/mol. The number of allylic oxidation sites excluding steroid dienone is 4. The average molecular weight is 251 g/mol. The molecule has 2 heteroatoms. The van der Waals surface area contributed by atoms with Gasteiger partial charge in [0.05, 0.1) is 17.6 Å². The number of hydrogen-bond acceptors (Lipinski definition) is 1. The third-order valence-electron chi connectivity index (χ3n) is 2.67. The third-order valence-corrected chi connectivity index (χ3v) is 3.13. The number of hydrogen-bond donors (Lipinski definition) is 0. The van der Waals surface area contributed by atoms with E-state index in [1.54, 1.807) is 6.08 Å². The van der Waals surface area contributed by atoms with E-state index in [0.717, 1.165) is 19.3 Å². The van der Waals surface area contributed by atoms with Crippen LogP contribution in [0.1, 0.15) is 26.2 Å². The fourth-order valence-electron chi connectivity index (χ4n) is 1.69. The van der Waals surface area contributed by atoms with Gasteiger partial charge < -0.3 is 4.74 Å². The predicted molar refractivity (Wildman–Crippen MR) is 74.1 cm³/mol. The lowest BCUT2D eigenvalue weighted by Crippen LogP contribution is -2.28. The van der Waals surface area contributed by atoms with Crippen molar-refractivity contribution < 1.29 is 4.74 Å². The molecule has 0 saturated carbocycles. The Morgan fingerprint density at radius 2 is 2.35 bits per heavy atom. The normalized spacial score (nSPS) is 33.4. The fourth-order valence-corrected chi connectivity index (χ4v) is 1.95. The van der Waals surface area contributed by atoms with Crippen molar-refractivity contribution in [1.29, 1.82) is 0 Å². The molecule has 92 valence electrons. The van der Waals surface area contributed by atoms with Crippen molar-refractivity contribution in [3.8, 4) is 12.3 Å². The lowest BCUT2D eigenvalue weighted by molar-refractivity contribution is 0.0119. The van der Waals surface area contributed by atoms with Crippen molar-refractivity contribution in [2.75, 3.05) is 0 Å². The summed E-state index contributed by atoms with van der Waals surface area (Å²) in [7, 11) is 0. The minimum atomic E-state index is -0.0115. The number of alkyl halides is 1. The molecule has 0 aromatic heterocycles. The number of rotatable bonds is 3. The van der Waals surface area contributed by atoms with E-state index in [1.165, 1.54) is 0 Å². The van der Waals surface area contributed by atoms with E-state index in [2.05, 4.69) is 25.0 Å². The smallest absolute Gasteiger partial charge is 0.0784 e. The van der Waals surface area contributed by atoms with Gasteiger partial charge in [0.1, 0.15) is 0 Å². The highest BCUT2D eigenvalue weighted by Crippen LogP contribution is 2.20. The number of halogens is 1. The van der Waals surface area contributed by atoms with Crippen LogP contribution in [0, 0.1) is 12.3 Å². The van der Waals surface area contributed by atoms with Crippen molar-refractivity contribution in [3.63, 3.8) is 0 Å². The topological polar surface area (TPSA) is 9.23 Å². The fraction of sp³-hybridized carbons (Fsp3) is 0.467. The molecule has 0 aromatic carbocycles. The molecule has 3 unspecified atom stereocenters. The van der Waals surface area contributed by atoms with Crippen LogP contribution in [0.5, 0.6) is 0 Å². The van der Waals surface area contributed by atoms with E-state index in [-0.39, 0.29) is 17.6 Å². The Hall–Kier alpha value is -0.970. The molecule has 0 aliphatic carbocycles. The molecule has 1 nitrogen and oxygen atoms in total. The zero-order valence-electron chi connectivity index (χ0n) is 10.2. The van der Waals surface area contributed by atoms with Gasteiger partial charge in [-0.05, 0) is 25.3 Å². The van der Waals surface area contributed by atoms with Gasteiger partial charge in [0.15, 0.2) is 0 Å². The van der Waals surface area contributed by atoms with Gasteiger partial charge >= 0.3 is 0 Å². The summed E-state index contributed by atoms with van der Waals surface area (Å²) in [5, 5.41) is -0.0115. The second-order valence-corrected chi connectivity index (χ2v) is 4.55. The molecule has 3 atom stereocenters. The van der Waals surface area contributed by atoms with E-state index < -0.39 is 0 Å². The minimum absolute atomic E-state index is 0.0115. The Labute approximate surface area is 109 Å². The molecule has 1 aliphatic heterocycles. The van der Waals surface area contributed by atoms with Gasteiger partial charge in [-0.25, -0.2) is 0 Å². The first-order chi connectivity index (χ1) is 8.27. The largest absolute Gasteiger partial charge is 0.369 e. The Kier molecular flexibility index (Phi) is 6.77. The lowest BCUT2D eigenvalue weighted by atomic mass is 10.1. The summed E-state index contributed by atoms with van der Waals surface area (Å²) in [5.74, 6) is 2.48. The van der Waals surface area contributed by atoms with Crippen LogP contribution in [-0.2, 0) is 4.74 Å². The number of terminal acetylenes is 1. The highest BCUT2D eigenvalue weighted by Gasteiger charge is 2.21. The Morgan fingerprint density at radius 1 is 1.53 bits per heavy atom. The molecule has 0 saturated heterocycles. The summed E-state index contributed by atoms with van der Waals surface area (Å²) >= 11 is 6.34. The zero-order chi connectivity index (χ0) is 12.5. The third kappa shape index (κ3) is 5.26. The SMILES string of the molecule is C#C/C=C/CC1OC(CC)/C=C\C=C/CC1Cl. The molecular weight excluding hydrogens is 232 g/mol. The molecule has 0 spiro atoms. The van der Waals surface area contributed by atoms with Gasteiger partial charge in [0.25, 0.3) is 0 Å². The van der Waals surface area contributed by atoms with Gasteiger partial charge in [0.2, 0.25) is 0 Å². The van der Waals surface area contributed by atoms with Crippen LogP contribution in [0.3, 0.4) is 0 Å². The predicted octanol–water partition coefficient (Wildman–Crippen LogP) is 3.85. The maximum Gasteiger partial charge on any atom is 0.0784 e. The molecule has 0 bridgehead atoms. The van der Waals surface area contributed by atoms with Crippen molar-refractivity contribution in [1.82, 2.24) is 0 Å². The van der Waals surface area contributed by atoms with Crippen LogP contribution >= 0.6 is 11.6 Å². The minimum Gasteiger partial charge on any atom is -0.369 e. The van der Waals surface area contributed by atoms with Crippen LogP contribution in [-0.4, -0.2) is 17.6 Å². The van der Waals surface area contributed by atoms with Crippen molar-refractivity contribution in [3.05, 3.63) is 36.5 Å².